The molecule has 16 heavy (non-hydrogen) atoms. The van der Waals surface area contributed by atoms with Crippen LogP contribution in [0.2, 0.25) is 0 Å². The van der Waals surface area contributed by atoms with Crippen molar-refractivity contribution in [2.24, 2.45) is 11.7 Å². The van der Waals surface area contributed by atoms with E-state index in [-0.39, 0.29) is 12.5 Å². The molecule has 0 saturated carbocycles. The van der Waals surface area contributed by atoms with Crippen LogP contribution in [0.5, 0.6) is 0 Å². The normalized spacial score (nSPS) is 14.8. The van der Waals surface area contributed by atoms with Gasteiger partial charge in [-0.25, -0.2) is 0 Å². The highest BCUT2D eigenvalue weighted by molar-refractivity contribution is 7.98. The third-order valence-electron chi connectivity index (χ3n) is 2.96. The van der Waals surface area contributed by atoms with Crippen LogP contribution in [0.15, 0.2) is 29.2 Å². The first kappa shape index (κ1) is 13.6. The molecule has 0 aliphatic heterocycles. The van der Waals surface area contributed by atoms with Gasteiger partial charge in [0.25, 0.3) is 0 Å². The number of rotatable bonds is 6. The van der Waals surface area contributed by atoms with Crippen LogP contribution >= 0.6 is 11.8 Å². The summed E-state index contributed by atoms with van der Waals surface area (Å²) >= 11 is 1.75. The average molecular weight is 239 g/mol. The summed E-state index contributed by atoms with van der Waals surface area (Å²) in [6.45, 7) is 2.93. The van der Waals surface area contributed by atoms with Crippen molar-refractivity contribution in [1.29, 1.82) is 0 Å². The minimum atomic E-state index is 0.184. The molecule has 3 heteroatoms. The number of aliphatic hydroxyl groups excluding tert-OH is 1. The molecule has 0 aliphatic carbocycles. The van der Waals surface area contributed by atoms with Gasteiger partial charge in [0.1, 0.15) is 0 Å². The van der Waals surface area contributed by atoms with Gasteiger partial charge in [0.15, 0.2) is 0 Å². The maximum absolute atomic E-state index is 9.12. The second-order valence-electron chi connectivity index (χ2n) is 4.19. The molecule has 3 N–H and O–H groups in total. The second kappa shape index (κ2) is 6.94. The van der Waals surface area contributed by atoms with E-state index >= 15 is 0 Å². The van der Waals surface area contributed by atoms with Crippen molar-refractivity contribution >= 4 is 11.8 Å². The highest BCUT2D eigenvalue weighted by atomic mass is 32.2. The van der Waals surface area contributed by atoms with Crippen LogP contribution < -0.4 is 5.73 Å². The molecule has 1 aromatic carbocycles. The summed E-state index contributed by atoms with van der Waals surface area (Å²) in [6, 6.07) is 8.63. The Bertz CT molecular complexity index is 295. The summed E-state index contributed by atoms with van der Waals surface area (Å²) in [5, 5.41) is 9.12. The topological polar surface area (TPSA) is 46.2 Å². The lowest BCUT2D eigenvalue weighted by atomic mass is 9.91. The van der Waals surface area contributed by atoms with E-state index in [1.54, 1.807) is 11.8 Å². The van der Waals surface area contributed by atoms with Crippen LogP contribution in [0, 0.1) is 5.92 Å². The molecule has 0 amide bonds. The lowest BCUT2D eigenvalue weighted by Gasteiger charge is -2.18. The van der Waals surface area contributed by atoms with Gasteiger partial charge in [0, 0.05) is 11.5 Å². The van der Waals surface area contributed by atoms with Gasteiger partial charge in [-0.05, 0) is 48.8 Å². The Morgan fingerprint density at radius 1 is 1.31 bits per heavy atom. The third-order valence-corrected chi connectivity index (χ3v) is 3.71. The van der Waals surface area contributed by atoms with Gasteiger partial charge in [-0.1, -0.05) is 19.1 Å². The quantitative estimate of drug-likeness (QED) is 0.750. The van der Waals surface area contributed by atoms with Gasteiger partial charge in [0.05, 0.1) is 0 Å². The second-order valence-corrected chi connectivity index (χ2v) is 5.07. The predicted molar refractivity (Wildman–Crippen MR) is 70.9 cm³/mol. The molecule has 0 aliphatic rings. The van der Waals surface area contributed by atoms with Crippen LogP contribution in [0.1, 0.15) is 24.8 Å². The Kier molecular flexibility index (Phi) is 5.88. The number of hydrogen-bond donors (Lipinski definition) is 2. The van der Waals surface area contributed by atoms with E-state index < -0.39 is 0 Å². The van der Waals surface area contributed by atoms with E-state index in [2.05, 4.69) is 37.4 Å². The monoisotopic (exact) mass is 239 g/mol. The van der Waals surface area contributed by atoms with Gasteiger partial charge in [-0.3, -0.25) is 0 Å². The summed E-state index contributed by atoms with van der Waals surface area (Å²) in [7, 11) is 0. The van der Waals surface area contributed by atoms with Gasteiger partial charge in [-0.15, -0.1) is 11.8 Å². The molecule has 0 fully saturated rings. The summed E-state index contributed by atoms with van der Waals surface area (Å²) < 4.78 is 0. The lowest BCUT2D eigenvalue weighted by Crippen LogP contribution is -2.20. The molecule has 90 valence electrons. The Morgan fingerprint density at radius 2 is 1.94 bits per heavy atom. The molecule has 2 nitrogen and oxygen atoms in total. The number of hydrogen-bond acceptors (Lipinski definition) is 3. The fourth-order valence-electron chi connectivity index (χ4n) is 1.81. The van der Waals surface area contributed by atoms with Crippen molar-refractivity contribution in [2.75, 3.05) is 19.4 Å². The highest BCUT2D eigenvalue weighted by Crippen LogP contribution is 2.25. The van der Waals surface area contributed by atoms with Crippen LogP contribution in [0.4, 0.5) is 0 Å². The predicted octanol–water partition coefficient (Wildman–Crippen LogP) is 2.47. The molecule has 0 heterocycles. The van der Waals surface area contributed by atoms with Gasteiger partial charge in [0.2, 0.25) is 0 Å². The number of benzene rings is 1. The van der Waals surface area contributed by atoms with Crippen LogP contribution in [-0.2, 0) is 0 Å². The SMILES string of the molecule is CSc1ccc(C(C)CC(CN)CO)cc1. The van der Waals surface area contributed by atoms with Crippen molar-refractivity contribution < 1.29 is 5.11 Å². The first-order valence-electron chi connectivity index (χ1n) is 5.66. The highest BCUT2D eigenvalue weighted by Gasteiger charge is 2.12. The Morgan fingerprint density at radius 3 is 2.38 bits per heavy atom. The summed E-state index contributed by atoms with van der Waals surface area (Å²) in [4.78, 5) is 1.29. The molecule has 0 spiro atoms. The number of nitrogens with two attached hydrogens (primary N) is 1. The number of aliphatic hydroxyl groups is 1. The summed E-state index contributed by atoms with van der Waals surface area (Å²) in [5.41, 5.74) is 6.92. The molecular formula is C13H21NOS. The molecule has 0 radical (unpaired) electrons. The van der Waals surface area contributed by atoms with E-state index in [4.69, 9.17) is 10.8 Å². The fraction of sp³-hybridized carbons (Fsp3) is 0.538. The molecule has 0 aromatic heterocycles. The molecule has 1 rings (SSSR count). The molecule has 0 bridgehead atoms. The zero-order valence-corrected chi connectivity index (χ0v) is 10.8. The van der Waals surface area contributed by atoms with Crippen molar-refractivity contribution in [2.45, 2.75) is 24.2 Å². The van der Waals surface area contributed by atoms with Crippen LogP contribution in [-0.4, -0.2) is 24.5 Å². The standard InChI is InChI=1S/C13H21NOS/c1-10(7-11(8-14)9-15)12-3-5-13(16-2)6-4-12/h3-6,10-11,15H,7-9,14H2,1-2H3. The minimum Gasteiger partial charge on any atom is -0.396 e. The number of thioether (sulfide) groups is 1. The Labute approximate surface area is 102 Å². The Hall–Kier alpha value is -0.510. The van der Waals surface area contributed by atoms with E-state index in [0.29, 0.717) is 12.5 Å². The minimum absolute atomic E-state index is 0.184. The van der Waals surface area contributed by atoms with Gasteiger partial charge < -0.3 is 10.8 Å². The molecule has 1 aromatic rings. The van der Waals surface area contributed by atoms with Crippen molar-refractivity contribution in [3.63, 3.8) is 0 Å². The van der Waals surface area contributed by atoms with E-state index in [1.807, 2.05) is 0 Å². The van der Waals surface area contributed by atoms with Crippen LogP contribution in [0.25, 0.3) is 0 Å². The zero-order chi connectivity index (χ0) is 12.0. The maximum atomic E-state index is 9.12. The lowest BCUT2D eigenvalue weighted by molar-refractivity contribution is 0.217. The Balaban J connectivity index is 2.61. The van der Waals surface area contributed by atoms with Gasteiger partial charge in [-0.2, -0.15) is 0 Å². The van der Waals surface area contributed by atoms with Crippen molar-refractivity contribution in [1.82, 2.24) is 0 Å². The first-order valence-corrected chi connectivity index (χ1v) is 6.88. The third kappa shape index (κ3) is 3.81. The van der Waals surface area contributed by atoms with E-state index in [1.165, 1.54) is 10.5 Å². The maximum Gasteiger partial charge on any atom is 0.0471 e. The summed E-state index contributed by atoms with van der Waals surface area (Å²) in [6.07, 6.45) is 3.03. The molecule has 2 unspecified atom stereocenters. The van der Waals surface area contributed by atoms with Crippen molar-refractivity contribution in [3.05, 3.63) is 29.8 Å². The largest absolute Gasteiger partial charge is 0.396 e. The molecular weight excluding hydrogens is 218 g/mol. The van der Waals surface area contributed by atoms with E-state index in [9.17, 15) is 0 Å². The van der Waals surface area contributed by atoms with E-state index in [0.717, 1.165) is 6.42 Å². The zero-order valence-electron chi connectivity index (χ0n) is 10.0. The van der Waals surface area contributed by atoms with Crippen LogP contribution in [0.3, 0.4) is 0 Å². The average Bonchev–Trinajstić information content (AvgIpc) is 2.35. The molecule has 0 saturated heterocycles. The molecule has 2 atom stereocenters. The van der Waals surface area contributed by atoms with Gasteiger partial charge >= 0.3 is 0 Å². The smallest absolute Gasteiger partial charge is 0.0471 e. The van der Waals surface area contributed by atoms with Crippen molar-refractivity contribution in [3.8, 4) is 0 Å². The summed E-state index contributed by atoms with van der Waals surface area (Å²) in [5.74, 6) is 0.673. The first-order chi connectivity index (χ1) is 7.71. The fourth-order valence-corrected chi connectivity index (χ4v) is 2.22.